The first kappa shape index (κ1) is 22.2. The van der Waals surface area contributed by atoms with Crippen molar-refractivity contribution in [2.75, 3.05) is 18.4 Å². The number of hydrogen-bond donors (Lipinski definition) is 3. The summed E-state index contributed by atoms with van der Waals surface area (Å²) < 4.78 is 66.2. The number of rotatable bonds is 7. The van der Waals surface area contributed by atoms with E-state index < -0.39 is 35.9 Å². The molecule has 1 aliphatic carbocycles. The van der Waals surface area contributed by atoms with Crippen LogP contribution < -0.4 is 16.0 Å². The Labute approximate surface area is 172 Å². The van der Waals surface area contributed by atoms with Crippen LogP contribution in [0, 0.1) is 5.92 Å². The molecule has 0 aliphatic heterocycles. The summed E-state index contributed by atoms with van der Waals surface area (Å²) in [6.45, 7) is 1.66. The SMILES string of the molecule is CCNC(=O)C(c1ccc2nc(NC(=O)NCCC3CC3(F)F)sc2c1)C(F)(F)F. The second-order valence-corrected chi connectivity index (χ2v) is 7.98. The predicted octanol–water partition coefficient (Wildman–Crippen LogP) is 4.25. The topological polar surface area (TPSA) is 83.1 Å². The third-order valence-corrected chi connectivity index (χ3v) is 5.57. The molecule has 0 saturated heterocycles. The highest BCUT2D eigenvalue weighted by Gasteiger charge is 2.55. The number of amides is 3. The minimum absolute atomic E-state index is 0.0653. The molecule has 1 heterocycles. The molecule has 3 N–H and O–H groups in total. The van der Waals surface area contributed by atoms with Crippen molar-refractivity contribution in [2.45, 2.75) is 37.8 Å². The largest absolute Gasteiger partial charge is 0.404 e. The number of likely N-dealkylation sites (N-methyl/N-ethyl adjacent to an activating group) is 1. The van der Waals surface area contributed by atoms with Gasteiger partial charge in [0, 0.05) is 25.4 Å². The Bertz CT molecular complexity index is 946. The fourth-order valence-corrected chi connectivity index (χ4v) is 3.93. The molecule has 1 fully saturated rings. The van der Waals surface area contributed by atoms with E-state index in [0.717, 1.165) is 11.3 Å². The zero-order chi connectivity index (χ0) is 22.1. The molecule has 2 atom stereocenters. The van der Waals surface area contributed by atoms with E-state index in [1.165, 1.54) is 25.1 Å². The number of carbonyl (C=O) groups excluding carboxylic acids is 2. The Hall–Kier alpha value is -2.50. The zero-order valence-corrected chi connectivity index (χ0v) is 16.6. The van der Waals surface area contributed by atoms with Crippen molar-refractivity contribution >= 4 is 38.6 Å². The number of anilines is 1. The van der Waals surface area contributed by atoms with E-state index in [2.05, 4.69) is 20.9 Å². The third kappa shape index (κ3) is 5.15. The summed E-state index contributed by atoms with van der Waals surface area (Å²) in [5, 5.41) is 7.20. The molecule has 0 radical (unpaired) electrons. The zero-order valence-electron chi connectivity index (χ0n) is 15.8. The summed E-state index contributed by atoms with van der Waals surface area (Å²) >= 11 is 0.943. The van der Waals surface area contributed by atoms with Crippen molar-refractivity contribution in [2.24, 2.45) is 5.92 Å². The maximum atomic E-state index is 13.4. The van der Waals surface area contributed by atoms with E-state index in [1.807, 2.05) is 0 Å². The van der Waals surface area contributed by atoms with Gasteiger partial charge in [0.25, 0.3) is 5.92 Å². The van der Waals surface area contributed by atoms with E-state index in [-0.39, 0.29) is 36.6 Å². The number of alkyl halides is 5. The second kappa shape index (κ2) is 8.32. The van der Waals surface area contributed by atoms with Gasteiger partial charge >= 0.3 is 12.2 Å². The van der Waals surface area contributed by atoms with Crippen LogP contribution in [0.5, 0.6) is 0 Å². The van der Waals surface area contributed by atoms with Crippen molar-refractivity contribution in [1.29, 1.82) is 0 Å². The van der Waals surface area contributed by atoms with Crippen LogP contribution in [0.4, 0.5) is 31.9 Å². The Kier molecular flexibility index (Phi) is 6.16. The molecular formula is C18H19F5N4O2S. The van der Waals surface area contributed by atoms with Crippen molar-refractivity contribution in [3.8, 4) is 0 Å². The number of halogens is 5. The second-order valence-electron chi connectivity index (χ2n) is 6.95. The normalized spacial score (nSPS) is 18.7. The summed E-state index contributed by atoms with van der Waals surface area (Å²) in [6.07, 6.45) is -4.79. The molecule has 1 saturated carbocycles. The average molecular weight is 450 g/mol. The van der Waals surface area contributed by atoms with Gasteiger partial charge in [-0.05, 0) is 31.0 Å². The van der Waals surface area contributed by atoms with Gasteiger partial charge < -0.3 is 10.6 Å². The number of nitrogens with zero attached hydrogens (tertiary/aromatic N) is 1. The van der Waals surface area contributed by atoms with Crippen molar-refractivity contribution in [3.63, 3.8) is 0 Å². The fourth-order valence-electron chi connectivity index (χ4n) is 3.02. The number of urea groups is 1. The van der Waals surface area contributed by atoms with Crippen molar-refractivity contribution in [3.05, 3.63) is 23.8 Å². The molecule has 1 aromatic heterocycles. The molecule has 6 nitrogen and oxygen atoms in total. The third-order valence-electron chi connectivity index (χ3n) is 4.64. The highest BCUT2D eigenvalue weighted by Crippen LogP contribution is 2.50. The number of thiazole rings is 1. The highest BCUT2D eigenvalue weighted by atomic mass is 32.1. The number of nitrogens with one attached hydrogen (secondary N) is 3. The van der Waals surface area contributed by atoms with Gasteiger partial charge in [0.2, 0.25) is 5.91 Å². The molecule has 164 valence electrons. The van der Waals surface area contributed by atoms with Gasteiger partial charge in [-0.3, -0.25) is 10.1 Å². The van der Waals surface area contributed by atoms with Crippen LogP contribution in [0.3, 0.4) is 0 Å². The molecule has 1 aromatic carbocycles. The van der Waals surface area contributed by atoms with Gasteiger partial charge in [0.05, 0.1) is 10.2 Å². The standard InChI is InChI=1S/C18H19F5N4O2S/c1-2-24-14(28)13(18(21,22)23)9-3-4-11-12(7-9)30-16(26-11)27-15(29)25-6-5-10-8-17(10,19)20/h3-4,7,10,13H,2,5-6,8H2,1H3,(H,24,28)(H2,25,26,27,29). The number of carbonyl (C=O) groups is 2. The van der Waals surface area contributed by atoms with Crippen LogP contribution in [-0.4, -0.2) is 42.1 Å². The summed E-state index contributed by atoms with van der Waals surface area (Å²) in [5.74, 6) is -6.83. The molecule has 3 amide bonds. The lowest BCUT2D eigenvalue weighted by atomic mass is 9.97. The quantitative estimate of drug-likeness (QED) is 0.552. The van der Waals surface area contributed by atoms with Gasteiger partial charge in [-0.15, -0.1) is 0 Å². The van der Waals surface area contributed by atoms with Crippen LogP contribution in [0.2, 0.25) is 0 Å². The Morgan fingerprint density at radius 1 is 1.30 bits per heavy atom. The minimum atomic E-state index is -4.77. The highest BCUT2D eigenvalue weighted by molar-refractivity contribution is 7.22. The summed E-state index contributed by atoms with van der Waals surface area (Å²) in [6, 6.07) is 3.10. The Balaban J connectivity index is 1.67. The Morgan fingerprint density at radius 2 is 2.00 bits per heavy atom. The molecule has 2 unspecified atom stereocenters. The van der Waals surface area contributed by atoms with Gasteiger partial charge in [0.15, 0.2) is 11.0 Å². The first-order valence-corrected chi connectivity index (χ1v) is 10.0. The first-order chi connectivity index (χ1) is 14.0. The van der Waals surface area contributed by atoms with Crippen LogP contribution in [0.25, 0.3) is 10.2 Å². The molecule has 1 aliphatic rings. The fraction of sp³-hybridized carbons (Fsp3) is 0.500. The number of benzene rings is 1. The van der Waals surface area contributed by atoms with E-state index in [1.54, 1.807) is 0 Å². The summed E-state index contributed by atoms with van der Waals surface area (Å²) in [7, 11) is 0. The number of fused-ring (bicyclic) bond motifs is 1. The van der Waals surface area contributed by atoms with Crippen molar-refractivity contribution in [1.82, 2.24) is 15.6 Å². The molecule has 12 heteroatoms. The molecule has 30 heavy (non-hydrogen) atoms. The Morgan fingerprint density at radius 3 is 2.60 bits per heavy atom. The maximum Gasteiger partial charge on any atom is 0.404 e. The molecule has 0 bridgehead atoms. The lowest BCUT2D eigenvalue weighted by Gasteiger charge is -2.19. The number of aromatic nitrogens is 1. The first-order valence-electron chi connectivity index (χ1n) is 9.19. The van der Waals surface area contributed by atoms with Gasteiger partial charge in [0.1, 0.15) is 0 Å². The van der Waals surface area contributed by atoms with E-state index in [0.29, 0.717) is 10.2 Å². The van der Waals surface area contributed by atoms with E-state index >= 15 is 0 Å². The molecule has 2 aromatic rings. The minimum Gasteiger partial charge on any atom is -0.356 e. The summed E-state index contributed by atoms with van der Waals surface area (Å²) in [4.78, 5) is 27.9. The van der Waals surface area contributed by atoms with Crippen LogP contribution in [0.1, 0.15) is 31.2 Å². The van der Waals surface area contributed by atoms with Crippen LogP contribution >= 0.6 is 11.3 Å². The van der Waals surface area contributed by atoms with Gasteiger partial charge in [-0.25, -0.2) is 18.6 Å². The van der Waals surface area contributed by atoms with Crippen LogP contribution in [0.15, 0.2) is 18.2 Å². The summed E-state index contributed by atoms with van der Waals surface area (Å²) in [5.41, 5.74) is 0.124. The smallest absolute Gasteiger partial charge is 0.356 e. The predicted molar refractivity (Wildman–Crippen MR) is 102 cm³/mol. The van der Waals surface area contributed by atoms with E-state index in [4.69, 9.17) is 0 Å². The van der Waals surface area contributed by atoms with Gasteiger partial charge in [-0.1, -0.05) is 17.4 Å². The van der Waals surface area contributed by atoms with Crippen molar-refractivity contribution < 1.29 is 31.5 Å². The van der Waals surface area contributed by atoms with E-state index in [9.17, 15) is 31.5 Å². The van der Waals surface area contributed by atoms with Gasteiger partial charge in [-0.2, -0.15) is 13.2 Å². The monoisotopic (exact) mass is 450 g/mol. The molecular weight excluding hydrogens is 431 g/mol. The molecule has 3 rings (SSSR count). The maximum absolute atomic E-state index is 13.4. The number of hydrogen-bond acceptors (Lipinski definition) is 4. The lowest BCUT2D eigenvalue weighted by Crippen LogP contribution is -2.37. The molecule has 0 spiro atoms. The van der Waals surface area contributed by atoms with Crippen LogP contribution in [-0.2, 0) is 4.79 Å². The lowest BCUT2D eigenvalue weighted by molar-refractivity contribution is -0.164. The average Bonchev–Trinajstić information content (AvgIpc) is 3.04.